The summed E-state index contributed by atoms with van der Waals surface area (Å²) >= 11 is 0. The fourth-order valence-corrected chi connectivity index (χ4v) is 2.11. The van der Waals surface area contributed by atoms with Crippen molar-refractivity contribution in [2.45, 2.75) is 25.8 Å². The van der Waals surface area contributed by atoms with Crippen molar-refractivity contribution < 1.29 is 4.39 Å². The largest absolute Gasteiger partial charge is 0.321 e. The van der Waals surface area contributed by atoms with E-state index >= 15 is 0 Å². The van der Waals surface area contributed by atoms with E-state index in [0.717, 1.165) is 11.1 Å². The minimum absolute atomic E-state index is 0.216. The normalized spacial score (nSPS) is 14.2. The second kappa shape index (κ2) is 4.91. The van der Waals surface area contributed by atoms with Crippen LogP contribution in [0.25, 0.3) is 0 Å². The van der Waals surface area contributed by atoms with E-state index in [1.54, 1.807) is 12.1 Å². The van der Waals surface area contributed by atoms with Gasteiger partial charge in [-0.25, -0.2) is 4.39 Å². The van der Waals surface area contributed by atoms with Gasteiger partial charge in [-0.2, -0.15) is 0 Å². The lowest BCUT2D eigenvalue weighted by Crippen LogP contribution is -2.35. The van der Waals surface area contributed by atoms with Crippen LogP contribution in [0.3, 0.4) is 0 Å². The monoisotopic (exact) mass is 243 g/mol. The third kappa shape index (κ3) is 2.96. The highest BCUT2D eigenvalue weighted by Crippen LogP contribution is 2.23. The molecular weight excluding hydrogens is 225 g/mol. The van der Waals surface area contributed by atoms with Crippen molar-refractivity contribution >= 4 is 0 Å². The third-order valence-electron chi connectivity index (χ3n) is 3.17. The maximum atomic E-state index is 13.2. The van der Waals surface area contributed by atoms with E-state index in [1.807, 2.05) is 44.2 Å². The van der Waals surface area contributed by atoms with Crippen molar-refractivity contribution in [1.29, 1.82) is 0 Å². The van der Waals surface area contributed by atoms with Crippen molar-refractivity contribution in [3.8, 4) is 0 Å². The summed E-state index contributed by atoms with van der Waals surface area (Å²) in [6, 6.07) is 14.8. The number of rotatable bonds is 3. The zero-order valence-corrected chi connectivity index (χ0v) is 10.8. The molecule has 2 N–H and O–H groups in total. The average Bonchev–Trinajstić information content (AvgIpc) is 2.29. The van der Waals surface area contributed by atoms with Crippen LogP contribution < -0.4 is 5.73 Å². The van der Waals surface area contributed by atoms with Gasteiger partial charge >= 0.3 is 0 Å². The minimum atomic E-state index is -0.485. The molecule has 0 saturated carbocycles. The number of benzene rings is 2. The summed E-state index contributed by atoms with van der Waals surface area (Å²) in [6.45, 7) is 4.02. The van der Waals surface area contributed by atoms with Crippen molar-refractivity contribution in [2.75, 3.05) is 0 Å². The summed E-state index contributed by atoms with van der Waals surface area (Å²) in [5.74, 6) is -0.216. The van der Waals surface area contributed by atoms with Crippen LogP contribution in [0, 0.1) is 12.7 Å². The van der Waals surface area contributed by atoms with Crippen molar-refractivity contribution in [3.05, 3.63) is 71.0 Å². The van der Waals surface area contributed by atoms with Crippen LogP contribution in [0.15, 0.2) is 48.5 Å². The Morgan fingerprint density at radius 1 is 1.11 bits per heavy atom. The van der Waals surface area contributed by atoms with Crippen LogP contribution in [0.5, 0.6) is 0 Å². The molecule has 2 aromatic rings. The number of hydrogen-bond acceptors (Lipinski definition) is 1. The molecule has 0 aliphatic heterocycles. The zero-order chi connectivity index (χ0) is 13.2. The van der Waals surface area contributed by atoms with Gasteiger partial charge in [0, 0.05) is 5.54 Å². The van der Waals surface area contributed by atoms with Crippen molar-refractivity contribution in [1.82, 2.24) is 0 Å². The third-order valence-corrected chi connectivity index (χ3v) is 3.17. The van der Waals surface area contributed by atoms with Gasteiger partial charge in [-0.3, -0.25) is 0 Å². The van der Waals surface area contributed by atoms with Gasteiger partial charge in [0.1, 0.15) is 5.82 Å². The van der Waals surface area contributed by atoms with E-state index in [2.05, 4.69) is 0 Å². The molecule has 0 amide bonds. The topological polar surface area (TPSA) is 26.0 Å². The van der Waals surface area contributed by atoms with Crippen LogP contribution in [-0.2, 0) is 12.0 Å². The molecule has 2 heteroatoms. The maximum Gasteiger partial charge on any atom is 0.123 e. The van der Waals surface area contributed by atoms with Gasteiger partial charge in [-0.15, -0.1) is 0 Å². The Bertz CT molecular complexity index is 529. The number of hydrogen-bond donors (Lipinski definition) is 1. The first-order valence-electron chi connectivity index (χ1n) is 6.08. The second-order valence-corrected chi connectivity index (χ2v) is 5.09. The molecule has 2 rings (SSSR count). The summed E-state index contributed by atoms with van der Waals surface area (Å²) in [4.78, 5) is 0. The van der Waals surface area contributed by atoms with Gasteiger partial charge in [-0.05, 0) is 43.5 Å². The van der Waals surface area contributed by atoms with Gasteiger partial charge in [0.25, 0.3) is 0 Å². The van der Waals surface area contributed by atoms with Crippen LogP contribution in [0.1, 0.15) is 23.6 Å². The molecule has 0 spiro atoms. The summed E-state index contributed by atoms with van der Waals surface area (Å²) in [7, 11) is 0. The SMILES string of the molecule is Cc1ccc(C(C)(N)Cc2cccc(F)c2)cc1. The van der Waals surface area contributed by atoms with Gasteiger partial charge in [-0.1, -0.05) is 42.0 Å². The summed E-state index contributed by atoms with van der Waals surface area (Å²) in [6.07, 6.45) is 0.619. The molecule has 1 nitrogen and oxygen atoms in total. The van der Waals surface area contributed by atoms with Crippen LogP contribution in [-0.4, -0.2) is 0 Å². The highest BCUT2D eigenvalue weighted by molar-refractivity contribution is 5.30. The highest BCUT2D eigenvalue weighted by Gasteiger charge is 2.21. The molecule has 0 aliphatic rings. The molecular formula is C16H18FN. The Labute approximate surface area is 107 Å². The van der Waals surface area contributed by atoms with Gasteiger partial charge in [0.15, 0.2) is 0 Å². The van der Waals surface area contributed by atoms with Crippen LogP contribution in [0.4, 0.5) is 4.39 Å². The van der Waals surface area contributed by atoms with E-state index in [4.69, 9.17) is 5.73 Å². The van der Waals surface area contributed by atoms with Crippen molar-refractivity contribution in [3.63, 3.8) is 0 Å². The van der Waals surface area contributed by atoms with E-state index in [-0.39, 0.29) is 5.82 Å². The Hall–Kier alpha value is -1.67. The Kier molecular flexibility index (Phi) is 3.48. The van der Waals surface area contributed by atoms with E-state index in [9.17, 15) is 4.39 Å². The predicted octanol–water partition coefficient (Wildman–Crippen LogP) is 3.55. The number of halogens is 1. The standard InChI is InChI=1S/C16H18FN/c1-12-6-8-14(9-7-12)16(2,18)11-13-4-3-5-15(17)10-13/h3-10H,11,18H2,1-2H3. The van der Waals surface area contributed by atoms with E-state index < -0.39 is 5.54 Å². The fraction of sp³-hybridized carbons (Fsp3) is 0.250. The minimum Gasteiger partial charge on any atom is -0.321 e. The predicted molar refractivity (Wildman–Crippen MR) is 72.8 cm³/mol. The molecule has 0 aliphatic carbocycles. The second-order valence-electron chi connectivity index (χ2n) is 5.09. The molecule has 0 saturated heterocycles. The van der Waals surface area contributed by atoms with Crippen LogP contribution >= 0.6 is 0 Å². The molecule has 18 heavy (non-hydrogen) atoms. The van der Waals surface area contributed by atoms with Crippen LogP contribution in [0.2, 0.25) is 0 Å². The lowest BCUT2D eigenvalue weighted by Gasteiger charge is -2.25. The van der Waals surface area contributed by atoms with E-state index in [0.29, 0.717) is 6.42 Å². The lowest BCUT2D eigenvalue weighted by molar-refractivity contribution is 0.489. The van der Waals surface area contributed by atoms with Gasteiger partial charge in [0.2, 0.25) is 0 Å². The quantitative estimate of drug-likeness (QED) is 0.876. The smallest absolute Gasteiger partial charge is 0.123 e. The molecule has 0 heterocycles. The molecule has 1 unspecified atom stereocenters. The number of nitrogens with two attached hydrogens (primary N) is 1. The first-order valence-corrected chi connectivity index (χ1v) is 6.08. The van der Waals surface area contributed by atoms with E-state index in [1.165, 1.54) is 11.6 Å². The first-order chi connectivity index (χ1) is 8.47. The molecule has 0 aromatic heterocycles. The average molecular weight is 243 g/mol. The molecule has 0 radical (unpaired) electrons. The number of aryl methyl sites for hydroxylation is 1. The van der Waals surface area contributed by atoms with Gasteiger partial charge in [0.05, 0.1) is 0 Å². The highest BCUT2D eigenvalue weighted by atomic mass is 19.1. The Morgan fingerprint density at radius 3 is 2.39 bits per heavy atom. The molecule has 0 fully saturated rings. The Balaban J connectivity index is 2.23. The van der Waals surface area contributed by atoms with Crippen molar-refractivity contribution in [2.24, 2.45) is 5.73 Å². The fourth-order valence-electron chi connectivity index (χ4n) is 2.11. The summed E-state index contributed by atoms with van der Waals surface area (Å²) in [5, 5.41) is 0. The molecule has 94 valence electrons. The zero-order valence-electron chi connectivity index (χ0n) is 10.8. The maximum absolute atomic E-state index is 13.2. The Morgan fingerprint density at radius 2 is 1.78 bits per heavy atom. The lowest BCUT2D eigenvalue weighted by atomic mass is 9.86. The summed E-state index contributed by atoms with van der Waals surface area (Å²) < 4.78 is 13.2. The molecule has 1 atom stereocenters. The van der Waals surface area contributed by atoms with Gasteiger partial charge < -0.3 is 5.73 Å². The summed E-state index contributed by atoms with van der Waals surface area (Å²) in [5.41, 5.74) is 9.06. The molecule has 2 aromatic carbocycles. The first kappa shape index (κ1) is 12.8. The molecule has 0 bridgehead atoms.